The van der Waals surface area contributed by atoms with Gasteiger partial charge in [0, 0.05) is 5.92 Å². The predicted molar refractivity (Wildman–Crippen MR) is 74.3 cm³/mol. The first-order valence-electron chi connectivity index (χ1n) is 6.92. The number of nitrogens with two attached hydrogens (primary N) is 1. The number of hydrogen-bond acceptors (Lipinski definition) is 3. The van der Waals surface area contributed by atoms with Gasteiger partial charge in [-0.05, 0) is 30.9 Å². The molecular formula is C15H22N2O2. The van der Waals surface area contributed by atoms with Gasteiger partial charge in [-0.3, -0.25) is 4.79 Å². The van der Waals surface area contributed by atoms with E-state index >= 15 is 0 Å². The van der Waals surface area contributed by atoms with Gasteiger partial charge in [0.1, 0.15) is 0 Å². The Bertz CT molecular complexity index is 408. The third kappa shape index (κ3) is 3.33. The second kappa shape index (κ2) is 6.68. The van der Waals surface area contributed by atoms with E-state index in [9.17, 15) is 9.90 Å². The van der Waals surface area contributed by atoms with E-state index in [4.69, 9.17) is 5.73 Å². The summed E-state index contributed by atoms with van der Waals surface area (Å²) in [6.45, 7) is 0.475. The Hall–Kier alpha value is -1.39. The van der Waals surface area contributed by atoms with Crippen molar-refractivity contribution < 1.29 is 9.90 Å². The summed E-state index contributed by atoms with van der Waals surface area (Å²) in [6, 6.07) is 9.23. The van der Waals surface area contributed by atoms with Crippen LogP contribution in [0.4, 0.5) is 0 Å². The quantitative estimate of drug-likeness (QED) is 0.746. The monoisotopic (exact) mass is 262 g/mol. The number of carbonyl (C=O) groups is 1. The molecule has 3 atom stereocenters. The lowest BCUT2D eigenvalue weighted by Gasteiger charge is -2.22. The third-order valence-corrected chi connectivity index (χ3v) is 4.00. The fourth-order valence-corrected chi connectivity index (χ4v) is 2.86. The fraction of sp³-hybridized carbons (Fsp3) is 0.533. The van der Waals surface area contributed by atoms with Gasteiger partial charge in [-0.15, -0.1) is 0 Å². The molecule has 104 valence electrons. The van der Waals surface area contributed by atoms with E-state index < -0.39 is 0 Å². The Labute approximate surface area is 114 Å². The van der Waals surface area contributed by atoms with Gasteiger partial charge >= 0.3 is 0 Å². The molecule has 2 rings (SSSR count). The van der Waals surface area contributed by atoms with Gasteiger partial charge in [-0.2, -0.15) is 0 Å². The molecule has 0 aliphatic heterocycles. The Morgan fingerprint density at radius 2 is 2.11 bits per heavy atom. The molecule has 0 radical (unpaired) electrons. The molecule has 19 heavy (non-hydrogen) atoms. The van der Waals surface area contributed by atoms with Crippen molar-refractivity contribution in [3.05, 3.63) is 35.9 Å². The van der Waals surface area contributed by atoms with Crippen molar-refractivity contribution in [1.82, 2.24) is 5.32 Å². The van der Waals surface area contributed by atoms with Gasteiger partial charge in [-0.1, -0.05) is 36.8 Å². The Balaban J connectivity index is 2.00. The van der Waals surface area contributed by atoms with Crippen molar-refractivity contribution in [1.29, 1.82) is 0 Å². The van der Waals surface area contributed by atoms with Gasteiger partial charge < -0.3 is 16.2 Å². The molecule has 2 unspecified atom stereocenters. The maximum atomic E-state index is 12.3. The highest BCUT2D eigenvalue weighted by molar-refractivity contribution is 5.79. The van der Waals surface area contributed by atoms with Crippen LogP contribution in [0.25, 0.3) is 0 Å². The number of nitrogens with one attached hydrogen (secondary N) is 1. The zero-order valence-electron chi connectivity index (χ0n) is 11.1. The summed E-state index contributed by atoms with van der Waals surface area (Å²) < 4.78 is 0. The molecule has 4 N–H and O–H groups in total. The number of rotatable bonds is 5. The minimum Gasteiger partial charge on any atom is -0.394 e. The van der Waals surface area contributed by atoms with E-state index in [1.165, 1.54) is 0 Å². The van der Waals surface area contributed by atoms with E-state index in [0.29, 0.717) is 6.54 Å². The van der Waals surface area contributed by atoms with Crippen LogP contribution in [0, 0.1) is 11.8 Å². The second-order valence-corrected chi connectivity index (χ2v) is 5.19. The second-order valence-electron chi connectivity index (χ2n) is 5.19. The van der Waals surface area contributed by atoms with E-state index in [1.807, 2.05) is 30.3 Å². The fourth-order valence-electron chi connectivity index (χ4n) is 2.86. The Morgan fingerprint density at radius 1 is 1.37 bits per heavy atom. The van der Waals surface area contributed by atoms with Gasteiger partial charge in [0.05, 0.1) is 12.6 Å². The van der Waals surface area contributed by atoms with E-state index in [0.717, 1.165) is 24.8 Å². The van der Waals surface area contributed by atoms with Crippen molar-refractivity contribution in [2.75, 3.05) is 13.2 Å². The third-order valence-electron chi connectivity index (χ3n) is 4.00. The van der Waals surface area contributed by atoms with E-state index in [2.05, 4.69) is 5.32 Å². The van der Waals surface area contributed by atoms with Gasteiger partial charge in [0.2, 0.25) is 5.91 Å². The maximum absolute atomic E-state index is 12.3. The normalized spacial score (nSPS) is 24.1. The Kier molecular flexibility index (Phi) is 4.93. The zero-order valence-corrected chi connectivity index (χ0v) is 11.1. The van der Waals surface area contributed by atoms with E-state index in [1.54, 1.807) is 0 Å². The van der Waals surface area contributed by atoms with Crippen molar-refractivity contribution in [3.63, 3.8) is 0 Å². The smallest absolute Gasteiger partial charge is 0.223 e. The van der Waals surface area contributed by atoms with Crippen molar-refractivity contribution in [2.24, 2.45) is 17.6 Å². The van der Waals surface area contributed by atoms with Gasteiger partial charge in [0.15, 0.2) is 0 Å². The van der Waals surface area contributed by atoms with Crippen molar-refractivity contribution in [2.45, 2.75) is 25.3 Å². The van der Waals surface area contributed by atoms with Crippen LogP contribution in [0.1, 0.15) is 30.9 Å². The first kappa shape index (κ1) is 14.0. The van der Waals surface area contributed by atoms with Crippen LogP contribution >= 0.6 is 0 Å². The molecule has 1 amide bonds. The molecular weight excluding hydrogens is 240 g/mol. The average Bonchev–Trinajstić information content (AvgIpc) is 2.94. The first-order valence-corrected chi connectivity index (χ1v) is 6.92. The van der Waals surface area contributed by atoms with Crippen LogP contribution < -0.4 is 11.1 Å². The molecule has 1 aromatic rings. The molecule has 0 spiro atoms. The summed E-state index contributed by atoms with van der Waals surface area (Å²) in [6.07, 6.45) is 3.00. The molecule has 1 aliphatic rings. The number of amides is 1. The maximum Gasteiger partial charge on any atom is 0.223 e. The lowest BCUT2D eigenvalue weighted by molar-refractivity contribution is -0.127. The lowest BCUT2D eigenvalue weighted by atomic mass is 9.94. The number of aliphatic hydroxyl groups excluding tert-OH is 1. The molecule has 1 aliphatic carbocycles. The molecule has 1 fully saturated rings. The minimum atomic E-state index is -0.326. The summed E-state index contributed by atoms with van der Waals surface area (Å²) in [5.74, 6) is 0.314. The minimum absolute atomic E-state index is 0.00256. The average molecular weight is 262 g/mol. The highest BCUT2D eigenvalue weighted by Crippen LogP contribution is 2.31. The van der Waals surface area contributed by atoms with Crippen molar-refractivity contribution in [3.8, 4) is 0 Å². The molecule has 4 nitrogen and oxygen atoms in total. The largest absolute Gasteiger partial charge is 0.394 e. The summed E-state index contributed by atoms with van der Waals surface area (Å²) in [5, 5.41) is 12.4. The van der Waals surface area contributed by atoms with Crippen LogP contribution in [0.2, 0.25) is 0 Å². The summed E-state index contributed by atoms with van der Waals surface area (Å²) >= 11 is 0. The Morgan fingerprint density at radius 3 is 2.74 bits per heavy atom. The van der Waals surface area contributed by atoms with Crippen LogP contribution in [0.5, 0.6) is 0 Å². The van der Waals surface area contributed by atoms with Crippen LogP contribution in [0.3, 0.4) is 0 Å². The molecule has 1 saturated carbocycles. The lowest BCUT2D eigenvalue weighted by Crippen LogP contribution is -2.38. The van der Waals surface area contributed by atoms with E-state index in [-0.39, 0.29) is 30.4 Å². The highest BCUT2D eigenvalue weighted by Gasteiger charge is 2.32. The summed E-state index contributed by atoms with van der Waals surface area (Å²) in [7, 11) is 0. The van der Waals surface area contributed by atoms with Crippen molar-refractivity contribution >= 4 is 5.91 Å². The standard InChI is InChI=1S/C15H22N2O2/c16-9-12-7-4-8-13(12)15(19)17-14(10-18)11-5-2-1-3-6-11/h1-3,5-6,12-14,18H,4,7-10,16H2,(H,17,19)/t12?,13?,14-/m0/s1. The van der Waals surface area contributed by atoms with Gasteiger partial charge in [-0.25, -0.2) is 0 Å². The first-order chi connectivity index (χ1) is 9.26. The topological polar surface area (TPSA) is 75.4 Å². The molecule has 1 aromatic carbocycles. The van der Waals surface area contributed by atoms with Gasteiger partial charge in [0.25, 0.3) is 0 Å². The van der Waals surface area contributed by atoms with Crippen LogP contribution in [-0.4, -0.2) is 24.2 Å². The molecule has 0 bridgehead atoms. The number of benzene rings is 1. The molecule has 0 heterocycles. The predicted octanol–water partition coefficient (Wildman–Crippen LogP) is 1.21. The molecule has 0 aromatic heterocycles. The zero-order chi connectivity index (χ0) is 13.7. The highest BCUT2D eigenvalue weighted by atomic mass is 16.3. The number of hydrogen-bond donors (Lipinski definition) is 3. The molecule has 4 heteroatoms. The summed E-state index contributed by atoms with van der Waals surface area (Å²) in [4.78, 5) is 12.3. The summed E-state index contributed by atoms with van der Waals surface area (Å²) in [5.41, 5.74) is 6.64. The molecule has 0 saturated heterocycles. The number of carbonyl (C=O) groups excluding carboxylic acids is 1. The SMILES string of the molecule is NCC1CCCC1C(=O)N[C@@H](CO)c1ccccc1. The van der Waals surface area contributed by atoms with Crippen LogP contribution in [0.15, 0.2) is 30.3 Å². The number of aliphatic hydroxyl groups is 1. The van der Waals surface area contributed by atoms with Crippen LogP contribution in [-0.2, 0) is 4.79 Å².